The summed E-state index contributed by atoms with van der Waals surface area (Å²) in [4.78, 5) is 0. The van der Waals surface area contributed by atoms with Gasteiger partial charge < -0.3 is 5.32 Å². The summed E-state index contributed by atoms with van der Waals surface area (Å²) in [5, 5.41) is 4.52. The van der Waals surface area contributed by atoms with Crippen molar-refractivity contribution >= 4 is 11.6 Å². The first-order valence-electron chi connectivity index (χ1n) is 7.70. The molecule has 0 aliphatic heterocycles. The molecule has 1 atom stereocenters. The zero-order valence-corrected chi connectivity index (χ0v) is 13.4. The Labute approximate surface area is 132 Å². The lowest BCUT2D eigenvalue weighted by atomic mass is 9.75. The van der Waals surface area contributed by atoms with E-state index >= 15 is 0 Å². The van der Waals surface area contributed by atoms with Crippen molar-refractivity contribution in [3.05, 3.63) is 70.2 Å². The third-order valence-electron chi connectivity index (χ3n) is 4.54. The number of benzene rings is 2. The monoisotopic (exact) mass is 299 g/mol. The summed E-state index contributed by atoms with van der Waals surface area (Å²) in [5.41, 5.74) is 4.13. The Morgan fingerprint density at radius 1 is 1.00 bits per heavy atom. The molecule has 1 nitrogen and oxygen atoms in total. The van der Waals surface area contributed by atoms with Gasteiger partial charge in [-0.1, -0.05) is 53.6 Å². The molecule has 1 aliphatic carbocycles. The molecule has 0 spiro atoms. The number of hydrogen-bond donors (Lipinski definition) is 1. The minimum atomic E-state index is 0.381. The molecule has 2 aromatic carbocycles. The molecule has 1 fully saturated rings. The molecule has 1 aliphatic rings. The van der Waals surface area contributed by atoms with Crippen molar-refractivity contribution in [1.82, 2.24) is 5.32 Å². The zero-order valence-electron chi connectivity index (χ0n) is 12.6. The number of aryl methyl sites for hydroxylation is 1. The maximum absolute atomic E-state index is 5.94. The Morgan fingerprint density at radius 2 is 1.62 bits per heavy atom. The molecule has 1 N–H and O–H groups in total. The van der Waals surface area contributed by atoms with Gasteiger partial charge in [0.15, 0.2) is 0 Å². The number of nitrogens with one attached hydrogen (secondary N) is 1. The van der Waals surface area contributed by atoms with Crippen LogP contribution in [-0.4, -0.2) is 6.04 Å². The summed E-state index contributed by atoms with van der Waals surface area (Å²) in [5.74, 6) is 0.723. The van der Waals surface area contributed by atoms with Crippen LogP contribution in [-0.2, 0) is 0 Å². The van der Waals surface area contributed by atoms with Crippen LogP contribution in [0.4, 0.5) is 0 Å². The Balaban J connectivity index is 1.52. The van der Waals surface area contributed by atoms with Crippen molar-refractivity contribution in [3.8, 4) is 0 Å². The first-order valence-corrected chi connectivity index (χ1v) is 8.07. The van der Waals surface area contributed by atoms with Crippen LogP contribution in [0.2, 0.25) is 5.02 Å². The van der Waals surface area contributed by atoms with E-state index in [2.05, 4.69) is 55.6 Å². The van der Waals surface area contributed by atoms with Gasteiger partial charge in [0.25, 0.3) is 0 Å². The molecule has 0 amide bonds. The predicted octanol–water partition coefficient (Wildman–Crippen LogP) is 5.25. The van der Waals surface area contributed by atoms with Gasteiger partial charge in [0, 0.05) is 17.1 Å². The van der Waals surface area contributed by atoms with Gasteiger partial charge >= 0.3 is 0 Å². The van der Waals surface area contributed by atoms with Crippen molar-refractivity contribution < 1.29 is 0 Å². The first-order chi connectivity index (χ1) is 10.1. The Bertz CT molecular complexity index is 582. The van der Waals surface area contributed by atoms with Gasteiger partial charge in [-0.25, -0.2) is 0 Å². The maximum Gasteiger partial charge on any atom is 0.0406 e. The van der Waals surface area contributed by atoms with Crippen LogP contribution in [0, 0.1) is 6.92 Å². The van der Waals surface area contributed by atoms with Crippen LogP contribution in [0.25, 0.3) is 0 Å². The fourth-order valence-corrected chi connectivity index (χ4v) is 3.19. The van der Waals surface area contributed by atoms with Crippen LogP contribution >= 0.6 is 11.6 Å². The number of rotatable bonds is 4. The summed E-state index contributed by atoms with van der Waals surface area (Å²) < 4.78 is 0. The van der Waals surface area contributed by atoms with Crippen molar-refractivity contribution in [3.63, 3.8) is 0 Å². The molecule has 3 rings (SSSR count). The smallest absolute Gasteiger partial charge is 0.0406 e. The van der Waals surface area contributed by atoms with Crippen LogP contribution in [0.5, 0.6) is 0 Å². The standard InChI is InChI=1S/C19H22ClN/c1-13-3-5-16(6-4-13)17-11-19(12-17)21-14(2)15-7-9-18(20)10-8-15/h3-10,14,17,19,21H,11-12H2,1-2H3. The van der Waals surface area contributed by atoms with Crippen LogP contribution in [0.15, 0.2) is 48.5 Å². The first kappa shape index (κ1) is 14.6. The normalized spacial score (nSPS) is 22.6. The molecule has 0 radical (unpaired) electrons. The fourth-order valence-electron chi connectivity index (χ4n) is 3.07. The van der Waals surface area contributed by atoms with E-state index in [4.69, 9.17) is 11.6 Å². The summed E-state index contributed by atoms with van der Waals surface area (Å²) in [6.07, 6.45) is 2.47. The van der Waals surface area contributed by atoms with E-state index in [-0.39, 0.29) is 0 Å². The lowest BCUT2D eigenvalue weighted by Gasteiger charge is -2.38. The van der Waals surface area contributed by atoms with Crippen LogP contribution in [0.1, 0.15) is 48.4 Å². The molecule has 2 aromatic rings. The van der Waals surface area contributed by atoms with Gasteiger partial charge in [-0.3, -0.25) is 0 Å². The quantitative estimate of drug-likeness (QED) is 0.813. The third-order valence-corrected chi connectivity index (χ3v) is 4.79. The van der Waals surface area contributed by atoms with Gasteiger partial charge in [0.2, 0.25) is 0 Å². The highest BCUT2D eigenvalue weighted by Crippen LogP contribution is 2.38. The molecule has 1 saturated carbocycles. The Morgan fingerprint density at radius 3 is 2.24 bits per heavy atom. The zero-order chi connectivity index (χ0) is 14.8. The van der Waals surface area contributed by atoms with Gasteiger partial charge in [0.05, 0.1) is 0 Å². The molecule has 21 heavy (non-hydrogen) atoms. The van der Waals surface area contributed by atoms with E-state index in [9.17, 15) is 0 Å². The van der Waals surface area contributed by atoms with Gasteiger partial charge in [-0.05, 0) is 55.9 Å². The summed E-state index contributed by atoms with van der Waals surface area (Å²) in [6.45, 7) is 4.37. The molecular weight excluding hydrogens is 278 g/mol. The number of hydrogen-bond acceptors (Lipinski definition) is 1. The minimum Gasteiger partial charge on any atom is -0.307 e. The fraction of sp³-hybridized carbons (Fsp3) is 0.368. The molecule has 0 heterocycles. The second-order valence-electron chi connectivity index (χ2n) is 6.22. The van der Waals surface area contributed by atoms with E-state index in [1.165, 1.54) is 29.5 Å². The highest BCUT2D eigenvalue weighted by molar-refractivity contribution is 6.30. The Hall–Kier alpha value is -1.31. The van der Waals surface area contributed by atoms with Gasteiger partial charge in [0.1, 0.15) is 0 Å². The predicted molar refractivity (Wildman–Crippen MR) is 89.9 cm³/mol. The van der Waals surface area contributed by atoms with E-state index < -0.39 is 0 Å². The van der Waals surface area contributed by atoms with E-state index in [0.29, 0.717) is 12.1 Å². The summed E-state index contributed by atoms with van der Waals surface area (Å²) in [7, 11) is 0. The lowest BCUT2D eigenvalue weighted by molar-refractivity contribution is 0.271. The summed E-state index contributed by atoms with van der Waals surface area (Å²) >= 11 is 5.94. The maximum atomic E-state index is 5.94. The van der Waals surface area contributed by atoms with Crippen molar-refractivity contribution in [2.24, 2.45) is 0 Å². The minimum absolute atomic E-state index is 0.381. The summed E-state index contributed by atoms with van der Waals surface area (Å²) in [6, 6.07) is 18.1. The van der Waals surface area contributed by atoms with Crippen molar-refractivity contribution in [2.75, 3.05) is 0 Å². The SMILES string of the molecule is Cc1ccc(C2CC(NC(C)c3ccc(Cl)cc3)C2)cc1. The lowest BCUT2D eigenvalue weighted by Crippen LogP contribution is -2.41. The molecule has 2 heteroatoms. The molecule has 0 bridgehead atoms. The molecule has 0 saturated heterocycles. The Kier molecular flexibility index (Phi) is 4.32. The average molecular weight is 300 g/mol. The van der Waals surface area contributed by atoms with Crippen LogP contribution in [0.3, 0.4) is 0 Å². The third kappa shape index (κ3) is 3.48. The van der Waals surface area contributed by atoms with Gasteiger partial charge in [-0.15, -0.1) is 0 Å². The topological polar surface area (TPSA) is 12.0 Å². The largest absolute Gasteiger partial charge is 0.307 e. The van der Waals surface area contributed by atoms with E-state index in [1.54, 1.807) is 0 Å². The van der Waals surface area contributed by atoms with E-state index in [0.717, 1.165) is 10.9 Å². The highest BCUT2D eigenvalue weighted by Gasteiger charge is 2.30. The van der Waals surface area contributed by atoms with E-state index in [1.807, 2.05) is 12.1 Å². The second-order valence-corrected chi connectivity index (χ2v) is 6.65. The number of halogens is 1. The highest BCUT2D eigenvalue weighted by atomic mass is 35.5. The molecular formula is C19H22ClN. The molecule has 0 aromatic heterocycles. The molecule has 1 unspecified atom stereocenters. The van der Waals surface area contributed by atoms with Crippen molar-refractivity contribution in [1.29, 1.82) is 0 Å². The molecule has 110 valence electrons. The van der Waals surface area contributed by atoms with Gasteiger partial charge in [-0.2, -0.15) is 0 Å². The second kappa shape index (κ2) is 6.21. The van der Waals surface area contributed by atoms with Crippen molar-refractivity contribution in [2.45, 2.75) is 44.7 Å². The average Bonchev–Trinajstić information content (AvgIpc) is 2.44. The van der Waals surface area contributed by atoms with Crippen LogP contribution < -0.4 is 5.32 Å².